The quantitative estimate of drug-likeness (QED) is 0.809. The van der Waals surface area contributed by atoms with Crippen LogP contribution in [0, 0.1) is 0 Å². The van der Waals surface area contributed by atoms with E-state index >= 15 is 0 Å². The Labute approximate surface area is 95.9 Å². The summed E-state index contributed by atoms with van der Waals surface area (Å²) in [6.45, 7) is 2.43. The van der Waals surface area contributed by atoms with Gasteiger partial charge >= 0.3 is 0 Å². The monoisotopic (exact) mass is 248 g/mol. The van der Waals surface area contributed by atoms with E-state index in [4.69, 9.17) is 17.3 Å². The fourth-order valence-corrected chi connectivity index (χ4v) is 1.71. The van der Waals surface area contributed by atoms with Gasteiger partial charge in [0.05, 0.1) is 6.20 Å². The summed E-state index contributed by atoms with van der Waals surface area (Å²) in [4.78, 5) is 7.65. The molecule has 1 rings (SSSR count). The van der Waals surface area contributed by atoms with Gasteiger partial charge in [0.1, 0.15) is 5.02 Å². The molecule has 0 bridgehead atoms. The van der Waals surface area contributed by atoms with Gasteiger partial charge in [0, 0.05) is 28.9 Å². The second-order valence-electron chi connectivity index (χ2n) is 2.78. The van der Waals surface area contributed by atoms with Crippen molar-refractivity contribution in [3.05, 3.63) is 11.2 Å². The lowest BCUT2D eigenvalue weighted by Gasteiger charge is -2.06. The topological polar surface area (TPSA) is 80.9 Å². The van der Waals surface area contributed by atoms with Crippen molar-refractivity contribution >= 4 is 34.2 Å². The average molecular weight is 249 g/mol. The Hall–Kier alpha value is -0.880. The first-order valence-corrected chi connectivity index (χ1v) is 6.37. The first-order chi connectivity index (χ1) is 7.13. The van der Waals surface area contributed by atoms with Gasteiger partial charge in [-0.05, 0) is 0 Å². The molecule has 1 aromatic heterocycles. The van der Waals surface area contributed by atoms with Gasteiger partial charge in [-0.3, -0.25) is 4.21 Å². The molecule has 1 heterocycles. The van der Waals surface area contributed by atoms with Crippen molar-refractivity contribution in [3.63, 3.8) is 0 Å². The first kappa shape index (κ1) is 12.2. The molecule has 0 spiro atoms. The van der Waals surface area contributed by atoms with E-state index in [9.17, 15) is 4.21 Å². The zero-order valence-electron chi connectivity index (χ0n) is 8.36. The van der Waals surface area contributed by atoms with Crippen LogP contribution in [0.2, 0.25) is 5.02 Å². The van der Waals surface area contributed by atoms with Crippen LogP contribution in [0.4, 0.5) is 11.8 Å². The molecular formula is C8H13ClN4OS. The summed E-state index contributed by atoms with van der Waals surface area (Å²) < 4.78 is 11.1. The minimum atomic E-state index is -0.793. The molecule has 3 N–H and O–H groups in total. The predicted molar refractivity (Wildman–Crippen MR) is 63.5 cm³/mol. The average Bonchev–Trinajstić information content (AvgIpc) is 2.23. The minimum Gasteiger partial charge on any atom is -0.368 e. The molecule has 0 saturated heterocycles. The molecule has 15 heavy (non-hydrogen) atoms. The van der Waals surface area contributed by atoms with E-state index in [-0.39, 0.29) is 5.95 Å². The third kappa shape index (κ3) is 4.01. The van der Waals surface area contributed by atoms with E-state index < -0.39 is 10.8 Å². The van der Waals surface area contributed by atoms with Gasteiger partial charge in [-0.1, -0.05) is 18.5 Å². The molecule has 1 unspecified atom stereocenters. The van der Waals surface area contributed by atoms with Crippen molar-refractivity contribution in [2.75, 3.05) is 29.1 Å². The third-order valence-electron chi connectivity index (χ3n) is 1.71. The van der Waals surface area contributed by atoms with Crippen molar-refractivity contribution in [2.45, 2.75) is 6.92 Å². The van der Waals surface area contributed by atoms with Gasteiger partial charge in [-0.2, -0.15) is 4.98 Å². The maximum Gasteiger partial charge on any atom is 0.222 e. The van der Waals surface area contributed by atoms with Crippen LogP contribution in [-0.2, 0) is 10.8 Å². The zero-order chi connectivity index (χ0) is 11.3. The standard InChI is InChI=1S/C8H13ClN4OS/c1-2-15(14)4-3-11-7-6(9)5-12-8(10)13-7/h5H,2-4H2,1H3,(H3,10,11,12,13). The Balaban J connectivity index is 2.50. The Morgan fingerprint density at radius 3 is 3.07 bits per heavy atom. The van der Waals surface area contributed by atoms with Crippen LogP contribution in [0.1, 0.15) is 6.92 Å². The number of hydrogen-bond acceptors (Lipinski definition) is 5. The normalized spacial score (nSPS) is 12.4. The summed E-state index contributed by atoms with van der Waals surface area (Å²) in [5.74, 6) is 1.87. The van der Waals surface area contributed by atoms with E-state index in [0.29, 0.717) is 28.9 Å². The highest BCUT2D eigenvalue weighted by molar-refractivity contribution is 7.84. The lowest BCUT2D eigenvalue weighted by Crippen LogP contribution is -2.13. The highest BCUT2D eigenvalue weighted by atomic mass is 35.5. The van der Waals surface area contributed by atoms with Crippen molar-refractivity contribution in [1.29, 1.82) is 0 Å². The van der Waals surface area contributed by atoms with Crippen LogP contribution in [0.3, 0.4) is 0 Å². The molecule has 5 nitrogen and oxygen atoms in total. The van der Waals surface area contributed by atoms with Crippen LogP contribution < -0.4 is 11.1 Å². The summed E-state index contributed by atoms with van der Waals surface area (Å²) in [5, 5.41) is 3.37. The molecule has 84 valence electrons. The van der Waals surface area contributed by atoms with Crippen molar-refractivity contribution in [2.24, 2.45) is 0 Å². The minimum absolute atomic E-state index is 0.165. The molecule has 0 aliphatic rings. The molecule has 0 aliphatic heterocycles. The van der Waals surface area contributed by atoms with E-state index in [1.165, 1.54) is 6.20 Å². The molecule has 0 amide bonds. The molecule has 0 radical (unpaired) electrons. The molecule has 0 fully saturated rings. The Morgan fingerprint density at radius 1 is 1.67 bits per heavy atom. The van der Waals surface area contributed by atoms with Gasteiger partial charge in [0.25, 0.3) is 0 Å². The highest BCUT2D eigenvalue weighted by Gasteiger charge is 2.03. The number of hydrogen-bond donors (Lipinski definition) is 2. The molecule has 1 aromatic rings. The van der Waals surface area contributed by atoms with Crippen LogP contribution in [0.5, 0.6) is 0 Å². The third-order valence-corrected chi connectivity index (χ3v) is 3.29. The first-order valence-electron chi connectivity index (χ1n) is 4.50. The Morgan fingerprint density at radius 2 is 2.40 bits per heavy atom. The van der Waals surface area contributed by atoms with Crippen molar-refractivity contribution in [3.8, 4) is 0 Å². The van der Waals surface area contributed by atoms with E-state index in [0.717, 1.165) is 0 Å². The maximum atomic E-state index is 11.1. The lowest BCUT2D eigenvalue weighted by atomic mass is 10.5. The summed E-state index contributed by atoms with van der Waals surface area (Å²) in [6.07, 6.45) is 1.43. The second-order valence-corrected chi connectivity index (χ2v) is 5.06. The number of nitrogens with two attached hydrogens (primary N) is 1. The molecule has 0 aromatic carbocycles. The Bertz CT molecular complexity index is 360. The number of halogens is 1. The SMILES string of the molecule is CCS(=O)CCNc1nc(N)ncc1Cl. The van der Waals surface area contributed by atoms with Gasteiger partial charge in [0.15, 0.2) is 5.82 Å². The number of rotatable bonds is 5. The Kier molecular flexibility index (Phi) is 4.77. The molecular weight excluding hydrogens is 236 g/mol. The smallest absolute Gasteiger partial charge is 0.222 e. The van der Waals surface area contributed by atoms with Gasteiger partial charge in [-0.15, -0.1) is 0 Å². The second kappa shape index (κ2) is 5.87. The molecule has 0 saturated carbocycles. The molecule has 1 atom stereocenters. The van der Waals surface area contributed by atoms with Crippen LogP contribution in [-0.4, -0.2) is 32.2 Å². The number of nitrogen functional groups attached to an aromatic ring is 1. The van der Waals surface area contributed by atoms with Crippen molar-refractivity contribution < 1.29 is 4.21 Å². The number of nitrogens with one attached hydrogen (secondary N) is 1. The van der Waals surface area contributed by atoms with E-state index in [1.807, 2.05) is 6.92 Å². The van der Waals surface area contributed by atoms with Gasteiger partial charge in [-0.25, -0.2) is 4.98 Å². The molecule has 0 aliphatic carbocycles. The summed E-state index contributed by atoms with van der Waals surface area (Å²) >= 11 is 5.83. The fraction of sp³-hybridized carbons (Fsp3) is 0.500. The van der Waals surface area contributed by atoms with Crippen LogP contribution >= 0.6 is 11.6 Å². The predicted octanol–water partition coefficient (Wildman–Crippen LogP) is 0.893. The van der Waals surface area contributed by atoms with Gasteiger partial charge < -0.3 is 11.1 Å². The number of aromatic nitrogens is 2. The summed E-state index contributed by atoms with van der Waals surface area (Å²) in [7, 11) is -0.793. The van der Waals surface area contributed by atoms with Crippen molar-refractivity contribution in [1.82, 2.24) is 9.97 Å². The zero-order valence-corrected chi connectivity index (χ0v) is 9.94. The van der Waals surface area contributed by atoms with Crippen LogP contribution in [0.25, 0.3) is 0 Å². The van der Waals surface area contributed by atoms with Crippen LogP contribution in [0.15, 0.2) is 6.20 Å². The lowest BCUT2D eigenvalue weighted by molar-refractivity contribution is 0.684. The fourth-order valence-electron chi connectivity index (χ4n) is 0.932. The summed E-state index contributed by atoms with van der Waals surface area (Å²) in [5.41, 5.74) is 5.40. The van der Waals surface area contributed by atoms with E-state index in [1.54, 1.807) is 0 Å². The van der Waals surface area contributed by atoms with E-state index in [2.05, 4.69) is 15.3 Å². The summed E-state index contributed by atoms with van der Waals surface area (Å²) in [6, 6.07) is 0. The highest BCUT2D eigenvalue weighted by Crippen LogP contribution is 2.17. The number of anilines is 2. The number of nitrogens with zero attached hydrogens (tertiary/aromatic N) is 2. The largest absolute Gasteiger partial charge is 0.368 e. The molecule has 7 heteroatoms. The maximum absolute atomic E-state index is 11.1. The van der Waals surface area contributed by atoms with Gasteiger partial charge in [0.2, 0.25) is 5.95 Å².